The van der Waals surface area contributed by atoms with Crippen LogP contribution in [0.25, 0.3) is 0 Å². The molecule has 0 heterocycles. The van der Waals surface area contributed by atoms with Crippen LogP contribution in [0.1, 0.15) is 37.9 Å². The molecule has 0 radical (unpaired) electrons. The molecule has 0 bridgehead atoms. The number of hydrogen-bond donors (Lipinski definition) is 2. The predicted octanol–water partition coefficient (Wildman–Crippen LogP) is 2.77. The predicted molar refractivity (Wildman–Crippen MR) is 113 cm³/mol. The van der Waals surface area contributed by atoms with Gasteiger partial charge in [-0.15, -0.1) is 24.0 Å². The van der Waals surface area contributed by atoms with E-state index in [0.717, 1.165) is 6.42 Å². The second-order valence-corrected chi connectivity index (χ2v) is 8.59. The largest absolute Gasteiger partial charge is 0.355 e. The molecular weight excluding hydrogens is 437 g/mol. The second kappa shape index (κ2) is 10.9. The summed E-state index contributed by atoms with van der Waals surface area (Å²) in [5.74, 6) is 1.34. The Labute approximate surface area is 163 Å². The van der Waals surface area contributed by atoms with E-state index in [2.05, 4.69) is 60.7 Å². The van der Waals surface area contributed by atoms with Gasteiger partial charge in [0.2, 0.25) is 0 Å². The van der Waals surface area contributed by atoms with Gasteiger partial charge in [0.05, 0.1) is 11.8 Å². The molecule has 7 heteroatoms. The average Bonchev–Trinajstić information content (AvgIpc) is 2.44. The fourth-order valence-corrected chi connectivity index (χ4v) is 2.72. The third-order valence-electron chi connectivity index (χ3n) is 3.47. The summed E-state index contributed by atoms with van der Waals surface area (Å²) in [4.78, 5) is 4.13. The molecule has 0 spiro atoms. The molecule has 0 amide bonds. The summed E-state index contributed by atoms with van der Waals surface area (Å²) in [6, 6.07) is 8.66. The van der Waals surface area contributed by atoms with E-state index in [1.807, 2.05) is 0 Å². The summed E-state index contributed by atoms with van der Waals surface area (Å²) in [7, 11) is -1.29. The van der Waals surface area contributed by atoms with Crippen LogP contribution in [0.4, 0.5) is 0 Å². The average molecular weight is 467 g/mol. The van der Waals surface area contributed by atoms with E-state index in [1.165, 1.54) is 17.4 Å². The van der Waals surface area contributed by atoms with Crippen LogP contribution < -0.4 is 10.6 Å². The lowest BCUT2D eigenvalue weighted by Gasteiger charge is -2.18. The number of halogens is 1. The Morgan fingerprint density at radius 3 is 2.21 bits per heavy atom. The molecule has 0 aliphatic heterocycles. The smallest absolute Gasteiger partial charge is 0.191 e. The van der Waals surface area contributed by atoms with Crippen molar-refractivity contribution in [1.29, 1.82) is 0 Å². The van der Waals surface area contributed by atoms with E-state index in [-0.39, 0.29) is 35.8 Å². The Hall–Kier alpha value is -0.830. The first-order chi connectivity index (χ1) is 10.7. The minimum absolute atomic E-state index is 0. The molecule has 0 saturated carbocycles. The van der Waals surface area contributed by atoms with Crippen molar-refractivity contribution in [3.8, 4) is 0 Å². The molecule has 0 aromatic heterocycles. The van der Waals surface area contributed by atoms with Crippen molar-refractivity contribution in [3.63, 3.8) is 0 Å². The highest BCUT2D eigenvalue weighted by atomic mass is 127. The highest BCUT2D eigenvalue weighted by Crippen LogP contribution is 2.15. The Morgan fingerprint density at radius 1 is 1.17 bits per heavy atom. The highest BCUT2D eigenvalue weighted by molar-refractivity contribution is 14.0. The number of hydrogen-bond acceptors (Lipinski definition) is 3. The van der Waals surface area contributed by atoms with Crippen LogP contribution in [0.5, 0.6) is 0 Å². The maximum atomic E-state index is 11.2. The third-order valence-corrected chi connectivity index (χ3v) is 4.41. The maximum Gasteiger partial charge on any atom is 0.191 e. The molecule has 24 heavy (non-hydrogen) atoms. The lowest BCUT2D eigenvalue weighted by molar-refractivity contribution is 0.600. The van der Waals surface area contributed by atoms with Crippen molar-refractivity contribution < 1.29 is 8.42 Å². The van der Waals surface area contributed by atoms with Gasteiger partial charge >= 0.3 is 0 Å². The van der Waals surface area contributed by atoms with Gasteiger partial charge in [-0.05, 0) is 30.4 Å². The van der Waals surface area contributed by atoms with Gasteiger partial charge in [0.15, 0.2) is 5.96 Å². The Kier molecular flexibility index (Phi) is 10.5. The minimum Gasteiger partial charge on any atom is -0.355 e. The van der Waals surface area contributed by atoms with Crippen LogP contribution in [0.2, 0.25) is 0 Å². The fraction of sp³-hybridized carbons (Fsp3) is 0.588. The van der Waals surface area contributed by atoms with Crippen LogP contribution in [0, 0.1) is 5.92 Å². The number of benzene rings is 1. The van der Waals surface area contributed by atoms with E-state index in [4.69, 9.17) is 0 Å². The van der Waals surface area contributed by atoms with Crippen LogP contribution >= 0.6 is 24.0 Å². The van der Waals surface area contributed by atoms with Crippen molar-refractivity contribution in [3.05, 3.63) is 35.4 Å². The van der Waals surface area contributed by atoms with Gasteiger partial charge in [-0.25, -0.2) is 8.42 Å². The number of aliphatic imine (C=N–C) groups is 1. The van der Waals surface area contributed by atoms with Gasteiger partial charge in [0, 0.05) is 19.8 Å². The molecular formula is C17H30IN3O2S. The monoisotopic (exact) mass is 467 g/mol. The van der Waals surface area contributed by atoms with Crippen molar-refractivity contribution >= 4 is 39.8 Å². The van der Waals surface area contributed by atoms with Crippen LogP contribution in [0.3, 0.4) is 0 Å². The standard InChI is InChI=1S/C17H29N3O2S.HI/c1-13(2)12-15-6-8-16(9-7-15)14(3)20-17(18-4)19-10-11-23(5,21)22;/h6-9,13-14H,10-12H2,1-5H3,(H2,18,19,20);1H. The number of rotatable bonds is 7. The Morgan fingerprint density at radius 2 is 1.75 bits per heavy atom. The zero-order valence-corrected chi connectivity index (χ0v) is 18.3. The first kappa shape index (κ1) is 23.2. The van der Waals surface area contributed by atoms with E-state index >= 15 is 0 Å². The lowest BCUT2D eigenvalue weighted by atomic mass is 10.00. The van der Waals surface area contributed by atoms with Gasteiger partial charge in [0.25, 0.3) is 0 Å². The molecule has 138 valence electrons. The Bertz CT molecular complexity index is 613. The normalized spacial score (nSPS) is 13.3. The summed E-state index contributed by atoms with van der Waals surface area (Å²) >= 11 is 0. The third kappa shape index (κ3) is 9.46. The molecule has 1 atom stereocenters. The zero-order chi connectivity index (χ0) is 17.5. The quantitative estimate of drug-likeness (QED) is 0.368. The number of nitrogens with zero attached hydrogens (tertiary/aromatic N) is 1. The van der Waals surface area contributed by atoms with Crippen LogP contribution in [-0.4, -0.2) is 40.0 Å². The number of guanidine groups is 1. The molecule has 1 aromatic carbocycles. The van der Waals surface area contributed by atoms with Gasteiger partial charge in [-0.2, -0.15) is 0 Å². The van der Waals surface area contributed by atoms with Crippen molar-refractivity contribution in [2.75, 3.05) is 25.6 Å². The summed E-state index contributed by atoms with van der Waals surface area (Å²) in [5.41, 5.74) is 2.51. The van der Waals surface area contributed by atoms with Crippen molar-refractivity contribution in [2.45, 2.75) is 33.2 Å². The highest BCUT2D eigenvalue weighted by Gasteiger charge is 2.09. The Balaban J connectivity index is 0.00000529. The first-order valence-corrected chi connectivity index (χ1v) is 10.0. The fourth-order valence-electron chi connectivity index (χ4n) is 2.25. The number of nitrogens with one attached hydrogen (secondary N) is 2. The van der Waals surface area contributed by atoms with Gasteiger partial charge in [0.1, 0.15) is 9.84 Å². The zero-order valence-electron chi connectivity index (χ0n) is 15.2. The van der Waals surface area contributed by atoms with Crippen LogP contribution in [-0.2, 0) is 16.3 Å². The van der Waals surface area contributed by atoms with E-state index in [0.29, 0.717) is 18.4 Å². The van der Waals surface area contributed by atoms with Crippen molar-refractivity contribution in [1.82, 2.24) is 10.6 Å². The van der Waals surface area contributed by atoms with E-state index in [9.17, 15) is 8.42 Å². The molecule has 2 N–H and O–H groups in total. The summed E-state index contributed by atoms with van der Waals surface area (Å²) in [5, 5.41) is 6.30. The molecule has 0 aliphatic carbocycles. The van der Waals surface area contributed by atoms with E-state index < -0.39 is 9.84 Å². The molecule has 1 aromatic rings. The second-order valence-electron chi connectivity index (χ2n) is 6.33. The lowest BCUT2D eigenvalue weighted by Crippen LogP contribution is -2.40. The molecule has 0 saturated heterocycles. The first-order valence-electron chi connectivity index (χ1n) is 7.95. The summed E-state index contributed by atoms with van der Waals surface area (Å²) < 4.78 is 22.3. The summed E-state index contributed by atoms with van der Waals surface area (Å²) in [6.45, 7) is 6.83. The number of sulfone groups is 1. The van der Waals surface area contributed by atoms with Gasteiger partial charge < -0.3 is 10.6 Å². The van der Waals surface area contributed by atoms with Gasteiger partial charge in [-0.3, -0.25) is 4.99 Å². The maximum absolute atomic E-state index is 11.2. The van der Waals surface area contributed by atoms with Crippen molar-refractivity contribution in [2.24, 2.45) is 10.9 Å². The summed E-state index contributed by atoms with van der Waals surface area (Å²) in [6.07, 6.45) is 2.31. The molecule has 1 unspecified atom stereocenters. The molecule has 0 fully saturated rings. The SMILES string of the molecule is CN=C(NCCS(C)(=O)=O)NC(C)c1ccc(CC(C)C)cc1.I. The van der Waals surface area contributed by atoms with E-state index in [1.54, 1.807) is 7.05 Å². The molecule has 0 aliphatic rings. The molecule has 1 rings (SSSR count). The topological polar surface area (TPSA) is 70.6 Å². The molecule has 5 nitrogen and oxygen atoms in total. The van der Waals surface area contributed by atoms with Gasteiger partial charge in [-0.1, -0.05) is 38.1 Å². The minimum atomic E-state index is -2.97. The van der Waals surface area contributed by atoms with Crippen LogP contribution in [0.15, 0.2) is 29.3 Å².